The molecule has 1 saturated heterocycles. The van der Waals surface area contributed by atoms with Crippen LogP contribution in [-0.2, 0) is 11.3 Å². The first-order valence-corrected chi connectivity index (χ1v) is 9.54. The number of hydrogen-bond donors (Lipinski definition) is 0. The second-order valence-corrected chi connectivity index (χ2v) is 7.96. The Hall–Kier alpha value is -1.46. The minimum atomic E-state index is 0.256. The van der Waals surface area contributed by atoms with E-state index in [4.69, 9.17) is 21.1 Å². The van der Waals surface area contributed by atoms with Crippen molar-refractivity contribution in [2.75, 3.05) is 26.9 Å². The Morgan fingerprint density at radius 3 is 2.72 bits per heavy atom. The number of rotatable bonds is 5. The van der Waals surface area contributed by atoms with Crippen molar-refractivity contribution in [1.82, 2.24) is 9.80 Å². The molecule has 1 aliphatic carbocycles. The van der Waals surface area contributed by atoms with Gasteiger partial charge in [0.05, 0.1) is 0 Å². The topological polar surface area (TPSA) is 42.0 Å². The molecule has 25 heavy (non-hydrogen) atoms. The fourth-order valence-electron chi connectivity index (χ4n) is 4.38. The van der Waals surface area contributed by atoms with Gasteiger partial charge in [-0.05, 0) is 37.4 Å². The van der Waals surface area contributed by atoms with Crippen molar-refractivity contribution < 1.29 is 14.3 Å². The third kappa shape index (κ3) is 3.58. The van der Waals surface area contributed by atoms with E-state index in [1.165, 1.54) is 25.7 Å². The summed E-state index contributed by atoms with van der Waals surface area (Å²) < 4.78 is 10.8. The lowest BCUT2D eigenvalue weighted by molar-refractivity contribution is -0.129. The molecule has 0 radical (unpaired) electrons. The van der Waals surface area contributed by atoms with Crippen LogP contribution in [0.5, 0.6) is 11.5 Å². The fourth-order valence-corrected chi connectivity index (χ4v) is 4.59. The second-order valence-electron chi connectivity index (χ2n) is 7.55. The number of ether oxygens (including phenoxy) is 2. The van der Waals surface area contributed by atoms with Gasteiger partial charge in [0, 0.05) is 43.2 Å². The van der Waals surface area contributed by atoms with Gasteiger partial charge >= 0.3 is 0 Å². The second kappa shape index (κ2) is 7.04. The summed E-state index contributed by atoms with van der Waals surface area (Å²) in [6, 6.07) is 4.28. The molecule has 136 valence electrons. The molecular weight excluding hydrogens is 340 g/mol. The van der Waals surface area contributed by atoms with Crippen molar-refractivity contribution in [3.63, 3.8) is 0 Å². The van der Waals surface area contributed by atoms with Crippen LogP contribution in [0.3, 0.4) is 0 Å². The van der Waals surface area contributed by atoms with Crippen LogP contribution in [0, 0.1) is 5.92 Å². The molecule has 4 rings (SSSR count). The Morgan fingerprint density at radius 1 is 1.24 bits per heavy atom. The van der Waals surface area contributed by atoms with Crippen molar-refractivity contribution in [3.8, 4) is 11.5 Å². The van der Waals surface area contributed by atoms with Crippen LogP contribution in [0.1, 0.15) is 37.7 Å². The lowest BCUT2D eigenvalue weighted by atomic mass is 10.1. The molecule has 6 heteroatoms. The number of carbonyl (C=O) groups is 1. The molecule has 0 unspecified atom stereocenters. The van der Waals surface area contributed by atoms with Gasteiger partial charge in [-0.3, -0.25) is 4.79 Å². The van der Waals surface area contributed by atoms with Crippen molar-refractivity contribution in [2.24, 2.45) is 5.92 Å². The molecule has 1 atom stereocenters. The zero-order valence-electron chi connectivity index (χ0n) is 14.7. The summed E-state index contributed by atoms with van der Waals surface area (Å²) in [5, 5.41) is 0.700. The van der Waals surface area contributed by atoms with Crippen LogP contribution in [-0.4, -0.2) is 48.7 Å². The predicted octanol–water partition coefficient (Wildman–Crippen LogP) is 3.29. The number of amides is 1. The summed E-state index contributed by atoms with van der Waals surface area (Å²) in [4.78, 5) is 16.7. The van der Waals surface area contributed by atoms with E-state index in [1.54, 1.807) is 0 Å². The van der Waals surface area contributed by atoms with Gasteiger partial charge in [0.2, 0.25) is 12.7 Å². The molecular formula is C19H25ClN2O3. The Morgan fingerprint density at radius 2 is 1.96 bits per heavy atom. The van der Waals surface area contributed by atoms with Crippen LogP contribution >= 0.6 is 11.6 Å². The highest BCUT2D eigenvalue weighted by Gasteiger charge is 2.35. The molecule has 0 aromatic heterocycles. The number of fused-ring (bicyclic) bond motifs is 1. The molecule has 1 aromatic carbocycles. The molecule has 0 spiro atoms. The Kier molecular flexibility index (Phi) is 4.78. The zero-order valence-corrected chi connectivity index (χ0v) is 15.4. The van der Waals surface area contributed by atoms with E-state index < -0.39 is 0 Å². The Labute approximate surface area is 153 Å². The summed E-state index contributed by atoms with van der Waals surface area (Å²) >= 11 is 6.38. The monoisotopic (exact) mass is 364 g/mol. The molecule has 2 aliphatic heterocycles. The minimum Gasteiger partial charge on any atom is -0.454 e. The van der Waals surface area contributed by atoms with Crippen molar-refractivity contribution in [2.45, 2.75) is 44.7 Å². The van der Waals surface area contributed by atoms with Gasteiger partial charge in [-0.2, -0.15) is 0 Å². The minimum absolute atomic E-state index is 0.256. The zero-order chi connectivity index (χ0) is 17.4. The number of benzene rings is 1. The summed E-state index contributed by atoms with van der Waals surface area (Å²) in [5.41, 5.74) is 1.03. The van der Waals surface area contributed by atoms with E-state index in [0.717, 1.165) is 30.9 Å². The molecule has 2 fully saturated rings. The first kappa shape index (κ1) is 17.0. The van der Waals surface area contributed by atoms with E-state index in [9.17, 15) is 4.79 Å². The van der Waals surface area contributed by atoms with E-state index in [-0.39, 0.29) is 6.79 Å². The smallest absolute Gasteiger partial charge is 0.231 e. The van der Waals surface area contributed by atoms with Gasteiger partial charge in [0.25, 0.3) is 0 Å². The summed E-state index contributed by atoms with van der Waals surface area (Å²) in [6.07, 6.45) is 5.57. The van der Waals surface area contributed by atoms with E-state index in [0.29, 0.717) is 35.1 Å². The highest BCUT2D eigenvalue weighted by Crippen LogP contribution is 2.37. The third-order valence-electron chi connectivity index (χ3n) is 5.56. The van der Waals surface area contributed by atoms with Gasteiger partial charge in [0.15, 0.2) is 11.5 Å². The van der Waals surface area contributed by atoms with Crippen LogP contribution in [0.15, 0.2) is 12.1 Å². The number of likely N-dealkylation sites (tertiary alicyclic amines) is 1. The fraction of sp³-hybridized carbons (Fsp3) is 0.632. The van der Waals surface area contributed by atoms with E-state index in [1.807, 2.05) is 12.1 Å². The van der Waals surface area contributed by atoms with Gasteiger partial charge in [-0.1, -0.05) is 24.4 Å². The predicted molar refractivity (Wildman–Crippen MR) is 96.0 cm³/mol. The van der Waals surface area contributed by atoms with Crippen LogP contribution in [0.2, 0.25) is 5.02 Å². The largest absolute Gasteiger partial charge is 0.454 e. The third-order valence-corrected chi connectivity index (χ3v) is 5.91. The standard InChI is InChI=1S/C19H25ClN2O3/c1-21(11-14-7-17-18(8-16(14)20)25-12-24-17)9-13-6-19(23)22(10-13)15-4-2-3-5-15/h7-8,13,15H,2-6,9-12H2,1H3/t13-/m1/s1. The maximum Gasteiger partial charge on any atom is 0.231 e. The summed E-state index contributed by atoms with van der Waals surface area (Å²) in [7, 11) is 2.09. The molecule has 0 bridgehead atoms. The van der Waals surface area contributed by atoms with Gasteiger partial charge in [-0.25, -0.2) is 0 Å². The van der Waals surface area contributed by atoms with Gasteiger partial charge < -0.3 is 19.3 Å². The van der Waals surface area contributed by atoms with Crippen LogP contribution in [0.25, 0.3) is 0 Å². The molecule has 5 nitrogen and oxygen atoms in total. The number of hydrogen-bond acceptors (Lipinski definition) is 4. The first-order valence-electron chi connectivity index (χ1n) is 9.16. The van der Waals surface area contributed by atoms with Crippen LogP contribution in [0.4, 0.5) is 0 Å². The van der Waals surface area contributed by atoms with E-state index >= 15 is 0 Å². The first-order chi connectivity index (χ1) is 12.1. The summed E-state index contributed by atoms with van der Waals surface area (Å²) in [6.45, 7) is 2.80. The van der Waals surface area contributed by atoms with Crippen molar-refractivity contribution in [1.29, 1.82) is 0 Å². The van der Waals surface area contributed by atoms with Crippen LogP contribution < -0.4 is 9.47 Å². The molecule has 1 saturated carbocycles. The highest BCUT2D eigenvalue weighted by molar-refractivity contribution is 6.31. The van der Waals surface area contributed by atoms with Crippen molar-refractivity contribution >= 4 is 17.5 Å². The molecule has 0 N–H and O–H groups in total. The number of nitrogens with zero attached hydrogens (tertiary/aromatic N) is 2. The summed E-state index contributed by atoms with van der Waals surface area (Å²) in [5.74, 6) is 2.22. The average Bonchev–Trinajstić information content (AvgIpc) is 3.28. The molecule has 1 amide bonds. The highest BCUT2D eigenvalue weighted by atomic mass is 35.5. The van der Waals surface area contributed by atoms with Crippen molar-refractivity contribution in [3.05, 3.63) is 22.7 Å². The Bertz CT molecular complexity index is 660. The quantitative estimate of drug-likeness (QED) is 0.804. The number of carbonyl (C=O) groups excluding carboxylic acids is 1. The lowest BCUT2D eigenvalue weighted by Gasteiger charge is -2.25. The molecule has 2 heterocycles. The van der Waals surface area contributed by atoms with Gasteiger partial charge in [-0.15, -0.1) is 0 Å². The maximum atomic E-state index is 12.3. The van der Waals surface area contributed by atoms with E-state index in [2.05, 4.69) is 16.8 Å². The Balaban J connectivity index is 1.35. The molecule has 3 aliphatic rings. The average molecular weight is 365 g/mol. The maximum absolute atomic E-state index is 12.3. The normalized spacial score (nSPS) is 23.2. The van der Waals surface area contributed by atoms with Gasteiger partial charge in [0.1, 0.15) is 0 Å². The SMILES string of the molecule is CN(Cc1cc2c(cc1Cl)OCO2)C[C@H]1CC(=O)N(C2CCCC2)C1. The lowest BCUT2D eigenvalue weighted by Crippen LogP contribution is -2.35. The number of halogens is 1. The molecule has 1 aromatic rings.